The van der Waals surface area contributed by atoms with Crippen molar-refractivity contribution < 1.29 is 0 Å². The summed E-state index contributed by atoms with van der Waals surface area (Å²) in [4.78, 5) is 0. The van der Waals surface area contributed by atoms with Crippen molar-refractivity contribution in [2.75, 3.05) is 6.54 Å². The van der Waals surface area contributed by atoms with E-state index in [2.05, 4.69) is 34.6 Å². The average Bonchev–Trinajstić information content (AvgIpc) is 2.00. The summed E-state index contributed by atoms with van der Waals surface area (Å²) >= 11 is 0. The highest BCUT2D eigenvalue weighted by molar-refractivity contribution is 4.74. The number of hydrogen-bond acceptors (Lipinski definition) is 1. The van der Waals surface area contributed by atoms with Gasteiger partial charge >= 0.3 is 0 Å². The fraction of sp³-hybridized carbons (Fsp3) is 1.00. The van der Waals surface area contributed by atoms with Crippen LogP contribution in [0.5, 0.6) is 0 Å². The van der Waals surface area contributed by atoms with Gasteiger partial charge in [0.2, 0.25) is 0 Å². The van der Waals surface area contributed by atoms with Gasteiger partial charge in [-0.3, -0.25) is 0 Å². The molecule has 0 saturated carbocycles. The minimum atomic E-state index is 0.427. The zero-order valence-corrected chi connectivity index (χ0v) is 10.8. The van der Waals surface area contributed by atoms with Crippen molar-refractivity contribution in [2.45, 2.75) is 60.3 Å². The molecule has 0 saturated heterocycles. The molecule has 0 fully saturated rings. The van der Waals surface area contributed by atoms with E-state index in [1.54, 1.807) is 0 Å². The van der Waals surface area contributed by atoms with Gasteiger partial charge < -0.3 is 5.73 Å². The number of hydrogen-bond donors (Lipinski definition) is 1. The third kappa shape index (κ3) is 6.42. The van der Waals surface area contributed by atoms with Gasteiger partial charge in [-0.2, -0.15) is 0 Å². The lowest BCUT2D eigenvalue weighted by molar-refractivity contribution is 0.207. The Morgan fingerprint density at radius 1 is 1.00 bits per heavy atom. The van der Waals surface area contributed by atoms with Gasteiger partial charge in [-0.15, -0.1) is 0 Å². The second kappa shape index (κ2) is 6.44. The molecule has 0 spiro atoms. The number of rotatable bonds is 6. The zero-order chi connectivity index (χ0) is 11.2. The first-order chi connectivity index (χ1) is 6.38. The monoisotopic (exact) mass is 199 g/mol. The highest BCUT2D eigenvalue weighted by atomic mass is 14.5. The minimum Gasteiger partial charge on any atom is -0.330 e. The van der Waals surface area contributed by atoms with Crippen molar-refractivity contribution in [1.29, 1.82) is 0 Å². The van der Waals surface area contributed by atoms with Gasteiger partial charge in [0.1, 0.15) is 0 Å². The molecular weight excluding hydrogens is 170 g/mol. The maximum atomic E-state index is 5.66. The van der Waals surface area contributed by atoms with Crippen molar-refractivity contribution in [2.24, 2.45) is 23.0 Å². The standard InChI is InChI=1S/C13H29N/c1-11(2)7-6-8-12(9-10-14)13(3,4)5/h11-12H,6-10,14H2,1-5H3/t12-/m0/s1. The maximum Gasteiger partial charge on any atom is -0.00744 e. The predicted molar refractivity (Wildman–Crippen MR) is 65.3 cm³/mol. The SMILES string of the molecule is CC(C)CCC[C@@H](CCN)C(C)(C)C. The van der Waals surface area contributed by atoms with Crippen LogP contribution in [-0.4, -0.2) is 6.54 Å². The number of nitrogens with two attached hydrogens (primary N) is 1. The second-order valence-electron chi connectivity index (χ2n) is 5.97. The molecule has 0 bridgehead atoms. The van der Waals surface area contributed by atoms with E-state index in [-0.39, 0.29) is 0 Å². The van der Waals surface area contributed by atoms with Crippen molar-refractivity contribution >= 4 is 0 Å². The first kappa shape index (κ1) is 14.0. The Hall–Kier alpha value is -0.0400. The molecule has 0 radical (unpaired) electrons. The van der Waals surface area contributed by atoms with Crippen LogP contribution in [0.15, 0.2) is 0 Å². The van der Waals surface area contributed by atoms with Crippen molar-refractivity contribution in [3.8, 4) is 0 Å². The molecule has 1 atom stereocenters. The van der Waals surface area contributed by atoms with Crippen molar-refractivity contribution in [1.82, 2.24) is 0 Å². The first-order valence-electron chi connectivity index (χ1n) is 6.08. The molecule has 14 heavy (non-hydrogen) atoms. The Morgan fingerprint density at radius 3 is 1.93 bits per heavy atom. The molecule has 86 valence electrons. The van der Waals surface area contributed by atoms with Gasteiger partial charge in [0, 0.05) is 0 Å². The third-order valence-electron chi connectivity index (χ3n) is 3.07. The van der Waals surface area contributed by atoms with Crippen LogP contribution in [0.25, 0.3) is 0 Å². The Balaban J connectivity index is 3.86. The van der Waals surface area contributed by atoms with Crippen LogP contribution in [0.1, 0.15) is 60.3 Å². The van der Waals surface area contributed by atoms with Crippen LogP contribution in [0, 0.1) is 17.3 Å². The van der Waals surface area contributed by atoms with E-state index in [0.29, 0.717) is 5.41 Å². The summed E-state index contributed by atoms with van der Waals surface area (Å²) < 4.78 is 0. The summed E-state index contributed by atoms with van der Waals surface area (Å²) in [6.07, 6.45) is 5.25. The molecule has 0 rings (SSSR count). The molecule has 0 aliphatic rings. The fourth-order valence-corrected chi connectivity index (χ4v) is 1.98. The first-order valence-corrected chi connectivity index (χ1v) is 6.08. The average molecular weight is 199 g/mol. The van der Waals surface area contributed by atoms with E-state index in [4.69, 9.17) is 5.73 Å². The van der Waals surface area contributed by atoms with Gasteiger partial charge in [-0.25, -0.2) is 0 Å². The smallest absolute Gasteiger partial charge is 0.00744 e. The van der Waals surface area contributed by atoms with Crippen LogP contribution in [0.4, 0.5) is 0 Å². The summed E-state index contributed by atoms with van der Waals surface area (Å²) in [5.41, 5.74) is 6.08. The molecule has 0 aromatic heterocycles. The summed E-state index contributed by atoms with van der Waals surface area (Å²) in [7, 11) is 0. The van der Waals surface area contributed by atoms with Crippen LogP contribution in [0.2, 0.25) is 0 Å². The van der Waals surface area contributed by atoms with E-state index >= 15 is 0 Å². The summed E-state index contributed by atoms with van der Waals surface area (Å²) in [6, 6.07) is 0. The lowest BCUT2D eigenvalue weighted by Gasteiger charge is -2.30. The van der Waals surface area contributed by atoms with Crippen LogP contribution < -0.4 is 5.73 Å². The summed E-state index contributed by atoms with van der Waals surface area (Å²) in [5.74, 6) is 1.64. The van der Waals surface area contributed by atoms with Gasteiger partial charge in [0.25, 0.3) is 0 Å². The molecule has 0 aliphatic carbocycles. The highest BCUT2D eigenvalue weighted by Gasteiger charge is 2.23. The van der Waals surface area contributed by atoms with Gasteiger partial charge in [0.15, 0.2) is 0 Å². The Morgan fingerprint density at radius 2 is 1.57 bits per heavy atom. The molecule has 0 aromatic rings. The molecular formula is C13H29N. The predicted octanol–water partition coefficient (Wildman–Crippen LogP) is 3.82. The third-order valence-corrected chi connectivity index (χ3v) is 3.07. The van der Waals surface area contributed by atoms with Crippen LogP contribution in [-0.2, 0) is 0 Å². The Kier molecular flexibility index (Phi) is 6.43. The second-order valence-corrected chi connectivity index (χ2v) is 5.97. The minimum absolute atomic E-state index is 0.427. The van der Waals surface area contributed by atoms with Gasteiger partial charge in [-0.05, 0) is 36.6 Å². The van der Waals surface area contributed by atoms with Crippen LogP contribution >= 0.6 is 0 Å². The molecule has 0 aromatic carbocycles. The maximum absolute atomic E-state index is 5.66. The summed E-state index contributed by atoms with van der Waals surface area (Å²) in [5, 5.41) is 0. The largest absolute Gasteiger partial charge is 0.330 e. The molecule has 0 amide bonds. The van der Waals surface area contributed by atoms with Gasteiger partial charge in [-0.1, -0.05) is 47.5 Å². The molecule has 0 aliphatic heterocycles. The van der Waals surface area contributed by atoms with E-state index < -0.39 is 0 Å². The molecule has 2 N–H and O–H groups in total. The Labute approximate surface area is 90.5 Å². The van der Waals surface area contributed by atoms with E-state index in [1.807, 2.05) is 0 Å². The lowest BCUT2D eigenvalue weighted by atomic mass is 9.76. The van der Waals surface area contributed by atoms with E-state index in [9.17, 15) is 0 Å². The molecule has 1 heteroatoms. The molecule has 0 unspecified atom stereocenters. The normalized spacial score (nSPS) is 14.8. The highest BCUT2D eigenvalue weighted by Crippen LogP contribution is 2.32. The Bertz CT molecular complexity index is 133. The molecule has 1 nitrogen and oxygen atoms in total. The van der Waals surface area contributed by atoms with E-state index in [0.717, 1.165) is 18.4 Å². The van der Waals surface area contributed by atoms with Crippen LogP contribution in [0.3, 0.4) is 0 Å². The summed E-state index contributed by atoms with van der Waals surface area (Å²) in [6.45, 7) is 12.4. The molecule has 0 heterocycles. The van der Waals surface area contributed by atoms with Crippen molar-refractivity contribution in [3.63, 3.8) is 0 Å². The lowest BCUT2D eigenvalue weighted by Crippen LogP contribution is -2.23. The fourth-order valence-electron chi connectivity index (χ4n) is 1.98. The topological polar surface area (TPSA) is 26.0 Å². The van der Waals surface area contributed by atoms with E-state index in [1.165, 1.54) is 25.7 Å². The zero-order valence-electron chi connectivity index (χ0n) is 10.8. The van der Waals surface area contributed by atoms with Crippen molar-refractivity contribution in [3.05, 3.63) is 0 Å². The quantitative estimate of drug-likeness (QED) is 0.691. The van der Waals surface area contributed by atoms with Gasteiger partial charge in [0.05, 0.1) is 0 Å².